The number of aliphatic hydroxyl groups excluding tert-OH is 1. The van der Waals surface area contributed by atoms with Crippen molar-refractivity contribution in [3.8, 4) is 46.0 Å². The lowest BCUT2D eigenvalue weighted by molar-refractivity contribution is 0.173. The van der Waals surface area contributed by atoms with Crippen LogP contribution in [-0.2, 0) is 32.2 Å². The van der Waals surface area contributed by atoms with E-state index in [-0.39, 0.29) is 18.2 Å². The largest absolute Gasteiger partial charge is 0.493 e. The van der Waals surface area contributed by atoms with Crippen LogP contribution in [0.5, 0.6) is 46.0 Å². The summed E-state index contributed by atoms with van der Waals surface area (Å²) < 4.78 is 38.1. The summed E-state index contributed by atoms with van der Waals surface area (Å²) in [6, 6.07) is 19.0. The number of fused-ring (bicyclic) bond motifs is 2. The molecule has 6 bridgehead atoms. The van der Waals surface area contributed by atoms with Gasteiger partial charge in [0.2, 0.25) is 5.75 Å². The number of hydrogen-bond donors (Lipinski definition) is 1. The van der Waals surface area contributed by atoms with Gasteiger partial charge >= 0.3 is 0 Å². The fourth-order valence-corrected chi connectivity index (χ4v) is 8.85. The van der Waals surface area contributed by atoms with E-state index in [0.717, 1.165) is 67.8 Å². The highest BCUT2D eigenvalue weighted by atomic mass is 16.5. The Labute approximate surface area is 312 Å². The summed E-state index contributed by atoms with van der Waals surface area (Å²) >= 11 is 0. The van der Waals surface area contributed by atoms with Crippen molar-refractivity contribution >= 4 is 0 Å². The van der Waals surface area contributed by atoms with E-state index in [9.17, 15) is 5.11 Å². The predicted molar refractivity (Wildman–Crippen MR) is 204 cm³/mol. The third-order valence-electron chi connectivity index (χ3n) is 11.7. The van der Waals surface area contributed by atoms with Gasteiger partial charge in [0.1, 0.15) is 5.75 Å². The van der Waals surface area contributed by atoms with Crippen LogP contribution in [0.25, 0.3) is 0 Å². The molecule has 280 valence electrons. The molecular weight excluding hydrogens is 670 g/mol. The van der Waals surface area contributed by atoms with Crippen molar-refractivity contribution in [2.75, 3.05) is 68.7 Å². The van der Waals surface area contributed by atoms with Crippen molar-refractivity contribution in [2.24, 2.45) is 0 Å². The molecule has 4 aromatic rings. The predicted octanol–water partition coefficient (Wildman–Crippen LogP) is 6.73. The number of β-amino-alcohol motifs (C(OH)–C–C–N with tert-alkyl or cyclic N) is 1. The molecule has 10 nitrogen and oxygen atoms in total. The van der Waals surface area contributed by atoms with Gasteiger partial charge in [-0.3, -0.25) is 14.7 Å². The fraction of sp³-hybridized carbons (Fsp3) is 0.442. The molecule has 5 aliphatic rings. The molecule has 1 saturated heterocycles. The van der Waals surface area contributed by atoms with Gasteiger partial charge in [-0.05, 0) is 110 Å². The second kappa shape index (κ2) is 14.7. The van der Waals surface area contributed by atoms with Crippen molar-refractivity contribution in [1.82, 2.24) is 14.7 Å². The van der Waals surface area contributed by atoms with Crippen molar-refractivity contribution in [2.45, 2.75) is 56.8 Å². The summed E-state index contributed by atoms with van der Waals surface area (Å²) in [4.78, 5) is 7.14. The van der Waals surface area contributed by atoms with E-state index in [0.29, 0.717) is 59.8 Å². The third-order valence-corrected chi connectivity index (χ3v) is 11.7. The summed E-state index contributed by atoms with van der Waals surface area (Å²) in [6.07, 6.45) is 3.67. The summed E-state index contributed by atoms with van der Waals surface area (Å²) in [5.74, 6) is 5.32. The molecule has 3 atom stereocenters. The number of likely N-dealkylation sites (tertiary alicyclic amines) is 1. The van der Waals surface area contributed by atoms with Crippen LogP contribution < -0.4 is 28.4 Å². The fourth-order valence-electron chi connectivity index (χ4n) is 8.85. The number of nitrogens with zero attached hydrogens (tertiary/aromatic N) is 3. The SMILES string of the molecule is COc1ccc2cc1Oc1ccc(cc1)C[C@H]1c3cc(c(OC)cc3CCN1C)Oc1c(OC)c(OC)c(CN3CCC(O)C3)c3c1[C@H](C2)N(C)CC3. The summed E-state index contributed by atoms with van der Waals surface area (Å²) in [7, 11) is 11.2. The van der Waals surface area contributed by atoms with E-state index in [4.69, 9.17) is 28.4 Å². The number of hydrogen-bond acceptors (Lipinski definition) is 10. The van der Waals surface area contributed by atoms with Crippen molar-refractivity contribution in [3.05, 3.63) is 93.5 Å². The molecule has 4 aromatic carbocycles. The molecule has 0 aromatic heterocycles. The Kier molecular flexibility index (Phi) is 9.89. The van der Waals surface area contributed by atoms with E-state index in [1.807, 2.05) is 6.07 Å². The van der Waals surface area contributed by atoms with E-state index in [1.165, 1.54) is 22.3 Å². The number of likely N-dealkylation sites (N-methyl/N-ethyl adjacent to an activating group) is 2. The van der Waals surface area contributed by atoms with E-state index >= 15 is 0 Å². The minimum absolute atomic E-state index is 0.0709. The summed E-state index contributed by atoms with van der Waals surface area (Å²) in [5.41, 5.74) is 8.18. The first-order chi connectivity index (χ1) is 25.8. The molecule has 0 radical (unpaired) electrons. The minimum Gasteiger partial charge on any atom is -0.493 e. The standard InChI is InChI=1S/C43H51N3O7/c1-44-16-13-28-22-37(49-4)39-23-32(28)34(44)19-26-7-10-30(11-8-26)52-38-21-27(9-12-36(38)48-3)20-35-40-31(15-17-45(35)2)33(25-46-18-14-29(47)24-46)41(50-5)43(51-6)42(40)53-39/h7-12,21-23,29,34-35,47H,13-20,24-25H2,1-6H3/t29?,34-,35-/m0/s1. The average Bonchev–Trinajstić information content (AvgIpc) is 3.58. The van der Waals surface area contributed by atoms with Crippen LogP contribution in [0.2, 0.25) is 0 Å². The Morgan fingerprint density at radius 3 is 2.13 bits per heavy atom. The molecule has 0 aliphatic carbocycles. The van der Waals surface area contributed by atoms with Gasteiger partial charge in [0.15, 0.2) is 34.5 Å². The quantitative estimate of drug-likeness (QED) is 0.232. The van der Waals surface area contributed by atoms with Crippen LogP contribution >= 0.6 is 0 Å². The molecule has 0 amide bonds. The molecule has 1 fully saturated rings. The molecular formula is C43H51N3O7. The number of aliphatic hydroxyl groups is 1. The lowest BCUT2D eigenvalue weighted by Gasteiger charge is -2.39. The van der Waals surface area contributed by atoms with E-state index < -0.39 is 0 Å². The second-order valence-corrected chi connectivity index (χ2v) is 14.9. The minimum atomic E-state index is -0.330. The van der Waals surface area contributed by atoms with E-state index in [2.05, 4.69) is 77.3 Å². The van der Waals surface area contributed by atoms with Crippen molar-refractivity contribution in [3.63, 3.8) is 0 Å². The molecule has 5 aliphatic heterocycles. The smallest absolute Gasteiger partial charge is 0.204 e. The van der Waals surface area contributed by atoms with Crippen LogP contribution in [0.3, 0.4) is 0 Å². The average molecular weight is 722 g/mol. The Bertz CT molecular complexity index is 1980. The lowest BCUT2D eigenvalue weighted by atomic mass is 9.84. The van der Waals surface area contributed by atoms with Gasteiger partial charge in [-0.25, -0.2) is 0 Å². The molecule has 10 heteroatoms. The number of ether oxygens (including phenoxy) is 6. The van der Waals surface area contributed by atoms with Crippen molar-refractivity contribution in [1.29, 1.82) is 0 Å². The van der Waals surface area contributed by atoms with Crippen LogP contribution in [0.4, 0.5) is 0 Å². The third kappa shape index (κ3) is 6.67. The van der Waals surface area contributed by atoms with Crippen LogP contribution in [0, 0.1) is 0 Å². The maximum Gasteiger partial charge on any atom is 0.204 e. The zero-order valence-electron chi connectivity index (χ0n) is 31.7. The Hall–Kier alpha value is -4.48. The summed E-state index contributed by atoms with van der Waals surface area (Å²) in [5, 5.41) is 10.5. The van der Waals surface area contributed by atoms with Gasteiger partial charge < -0.3 is 33.5 Å². The van der Waals surface area contributed by atoms with E-state index in [1.54, 1.807) is 28.4 Å². The van der Waals surface area contributed by atoms with Gasteiger partial charge in [0.25, 0.3) is 0 Å². The highest BCUT2D eigenvalue weighted by molar-refractivity contribution is 5.67. The molecule has 53 heavy (non-hydrogen) atoms. The number of benzene rings is 4. The summed E-state index contributed by atoms with van der Waals surface area (Å²) in [6.45, 7) is 3.89. The lowest BCUT2D eigenvalue weighted by Crippen LogP contribution is -2.35. The zero-order chi connectivity index (χ0) is 36.8. The molecule has 5 heterocycles. The van der Waals surface area contributed by atoms with Crippen LogP contribution in [0.1, 0.15) is 57.4 Å². The Balaban J connectivity index is 1.37. The van der Waals surface area contributed by atoms with Gasteiger partial charge in [0.05, 0.1) is 34.5 Å². The molecule has 9 rings (SSSR count). The normalized spacial score (nSPS) is 21.5. The van der Waals surface area contributed by atoms with Gasteiger partial charge in [0, 0.05) is 55.9 Å². The first-order valence-corrected chi connectivity index (χ1v) is 18.7. The monoisotopic (exact) mass is 721 g/mol. The topological polar surface area (TPSA) is 85.3 Å². The van der Waals surface area contributed by atoms with Crippen LogP contribution in [-0.4, -0.2) is 94.6 Å². The molecule has 0 saturated carbocycles. The molecule has 0 spiro atoms. The second-order valence-electron chi connectivity index (χ2n) is 14.9. The maximum absolute atomic E-state index is 10.5. The first-order valence-electron chi connectivity index (χ1n) is 18.7. The molecule has 1 unspecified atom stereocenters. The van der Waals surface area contributed by atoms with Crippen LogP contribution in [0.15, 0.2) is 54.6 Å². The van der Waals surface area contributed by atoms with Gasteiger partial charge in [-0.2, -0.15) is 0 Å². The maximum atomic E-state index is 10.5. The number of methoxy groups -OCH3 is 4. The first kappa shape index (κ1) is 35.5. The van der Waals surface area contributed by atoms with Crippen molar-refractivity contribution < 1.29 is 33.5 Å². The zero-order valence-corrected chi connectivity index (χ0v) is 31.7. The highest BCUT2D eigenvalue weighted by Gasteiger charge is 2.38. The number of rotatable bonds is 6. The van der Waals surface area contributed by atoms with Gasteiger partial charge in [-0.1, -0.05) is 18.2 Å². The highest BCUT2D eigenvalue weighted by Crippen LogP contribution is 2.54. The molecule has 1 N–H and O–H groups in total. The Morgan fingerprint density at radius 1 is 0.717 bits per heavy atom. The van der Waals surface area contributed by atoms with Gasteiger partial charge in [-0.15, -0.1) is 0 Å². The Morgan fingerprint density at radius 2 is 1.42 bits per heavy atom.